The fraction of sp³-hybridized carbons (Fsp3) is 0.0600. The molecule has 0 amide bonds. The molecule has 0 bridgehead atoms. The monoisotopic (exact) mass is 707 g/mol. The van der Waals surface area contributed by atoms with E-state index < -0.39 is 0 Å². The van der Waals surface area contributed by atoms with Gasteiger partial charge in [-0.2, -0.15) is 0 Å². The standard InChI is InChI=1S/C50H33N3S/c1-50(2)41-28-38-35-17-9-7-15-33(35)32-14-6-8-16-34(32)37(38)27-39(41)36-21-23-45-48(49(36)50)40-29-51-25-24-42(40)53(45)31-20-22-44-47(26-31)54-46-19-11-10-18-43(46)52(44)30-12-4-3-5-13-30/h3-29H,1-2H3. The van der Waals surface area contributed by atoms with Crippen molar-refractivity contribution in [2.75, 3.05) is 4.90 Å². The van der Waals surface area contributed by atoms with Crippen LogP contribution in [-0.2, 0) is 5.41 Å². The smallest absolute Gasteiger partial charge is 0.0603 e. The Hall–Kier alpha value is -6.36. The molecule has 4 heteroatoms. The maximum absolute atomic E-state index is 4.72. The van der Waals surface area contributed by atoms with Crippen molar-refractivity contribution in [1.29, 1.82) is 0 Å². The van der Waals surface area contributed by atoms with Crippen molar-refractivity contribution >= 4 is 82.9 Å². The molecule has 12 rings (SSSR count). The number of nitrogens with zero attached hydrogens (tertiary/aromatic N) is 3. The van der Waals surface area contributed by atoms with E-state index in [1.54, 1.807) is 0 Å². The van der Waals surface area contributed by atoms with Crippen molar-refractivity contribution in [3.63, 3.8) is 0 Å². The summed E-state index contributed by atoms with van der Waals surface area (Å²) in [5, 5.41) is 10.3. The molecule has 0 N–H and O–H groups in total. The molecule has 0 saturated heterocycles. The van der Waals surface area contributed by atoms with Crippen molar-refractivity contribution < 1.29 is 0 Å². The lowest BCUT2D eigenvalue weighted by molar-refractivity contribution is 0.667. The zero-order valence-electron chi connectivity index (χ0n) is 29.8. The van der Waals surface area contributed by atoms with Crippen LogP contribution in [0.4, 0.5) is 17.1 Å². The van der Waals surface area contributed by atoms with Crippen LogP contribution in [0.15, 0.2) is 174 Å². The van der Waals surface area contributed by atoms with Gasteiger partial charge in [0.1, 0.15) is 0 Å². The molecule has 2 aliphatic rings. The maximum atomic E-state index is 4.72. The van der Waals surface area contributed by atoms with E-state index in [0.29, 0.717) is 0 Å². The number of rotatable bonds is 2. The number of pyridine rings is 1. The predicted octanol–water partition coefficient (Wildman–Crippen LogP) is 13.9. The van der Waals surface area contributed by atoms with E-state index in [9.17, 15) is 0 Å². The van der Waals surface area contributed by atoms with Crippen molar-refractivity contribution in [1.82, 2.24) is 9.55 Å². The normalized spacial score (nSPS) is 14.1. The van der Waals surface area contributed by atoms with Crippen LogP contribution in [0.2, 0.25) is 0 Å². The Morgan fingerprint density at radius 2 is 1.17 bits per heavy atom. The Morgan fingerprint density at radius 1 is 0.500 bits per heavy atom. The summed E-state index contributed by atoms with van der Waals surface area (Å²) in [6.07, 6.45) is 4.01. The van der Waals surface area contributed by atoms with Gasteiger partial charge in [-0.1, -0.05) is 111 Å². The predicted molar refractivity (Wildman–Crippen MR) is 227 cm³/mol. The molecule has 1 aliphatic carbocycles. The van der Waals surface area contributed by atoms with Crippen LogP contribution in [0, 0.1) is 0 Å². The average Bonchev–Trinajstić information content (AvgIpc) is 3.67. The molecule has 0 fully saturated rings. The van der Waals surface area contributed by atoms with Crippen LogP contribution in [0.1, 0.15) is 25.0 Å². The van der Waals surface area contributed by atoms with Crippen molar-refractivity contribution in [3.05, 3.63) is 175 Å². The summed E-state index contributed by atoms with van der Waals surface area (Å²) in [4.78, 5) is 9.60. The summed E-state index contributed by atoms with van der Waals surface area (Å²) in [6, 6.07) is 56.1. The zero-order chi connectivity index (χ0) is 35.7. The summed E-state index contributed by atoms with van der Waals surface area (Å²) in [7, 11) is 0. The third-order valence-electron chi connectivity index (χ3n) is 12.0. The largest absolute Gasteiger partial charge is 0.309 e. The van der Waals surface area contributed by atoms with Gasteiger partial charge in [0.2, 0.25) is 0 Å². The van der Waals surface area contributed by atoms with E-state index >= 15 is 0 Å². The molecule has 3 heterocycles. The highest BCUT2D eigenvalue weighted by atomic mass is 32.2. The highest BCUT2D eigenvalue weighted by Gasteiger charge is 2.39. The fourth-order valence-corrected chi connectivity index (χ4v) is 10.8. The number of hydrogen-bond acceptors (Lipinski definition) is 3. The lowest BCUT2D eigenvalue weighted by Gasteiger charge is -2.33. The molecule has 0 spiro atoms. The maximum Gasteiger partial charge on any atom is 0.0603 e. The van der Waals surface area contributed by atoms with Crippen LogP contribution in [0.5, 0.6) is 0 Å². The summed E-state index contributed by atoms with van der Waals surface area (Å²) >= 11 is 1.85. The van der Waals surface area contributed by atoms with Crippen LogP contribution in [-0.4, -0.2) is 9.55 Å². The minimum Gasteiger partial charge on any atom is -0.309 e. The number of hydrogen-bond donors (Lipinski definition) is 0. The van der Waals surface area contributed by atoms with Crippen LogP contribution in [0.25, 0.3) is 70.9 Å². The Kier molecular flexibility index (Phi) is 6.05. The third kappa shape index (κ3) is 3.96. The molecule has 254 valence electrons. The molecule has 0 saturated carbocycles. The summed E-state index contributed by atoms with van der Waals surface area (Å²) in [6.45, 7) is 4.83. The van der Waals surface area contributed by atoms with Crippen LogP contribution in [0.3, 0.4) is 0 Å². The molecular formula is C50H33N3S. The van der Waals surface area contributed by atoms with Gasteiger partial charge in [-0.25, -0.2) is 0 Å². The van der Waals surface area contributed by atoms with Gasteiger partial charge in [-0.3, -0.25) is 4.98 Å². The number of benzene rings is 8. The van der Waals surface area contributed by atoms with Crippen molar-refractivity contribution in [3.8, 4) is 16.8 Å². The molecule has 10 aromatic rings. The van der Waals surface area contributed by atoms with E-state index in [0.717, 1.165) is 11.4 Å². The second-order valence-electron chi connectivity index (χ2n) is 15.2. The van der Waals surface area contributed by atoms with Crippen LogP contribution >= 0.6 is 11.8 Å². The van der Waals surface area contributed by atoms with Crippen molar-refractivity contribution in [2.45, 2.75) is 29.1 Å². The molecular weight excluding hydrogens is 675 g/mol. The molecule has 54 heavy (non-hydrogen) atoms. The van der Waals surface area contributed by atoms with Gasteiger partial charge < -0.3 is 9.47 Å². The lowest BCUT2D eigenvalue weighted by atomic mass is 9.79. The first kappa shape index (κ1) is 30.1. The van der Waals surface area contributed by atoms with E-state index in [4.69, 9.17) is 4.98 Å². The first-order chi connectivity index (χ1) is 26.6. The van der Waals surface area contributed by atoms with E-state index in [2.05, 4.69) is 181 Å². The first-order valence-corrected chi connectivity index (χ1v) is 19.4. The zero-order valence-corrected chi connectivity index (χ0v) is 30.7. The first-order valence-electron chi connectivity index (χ1n) is 18.6. The van der Waals surface area contributed by atoms with Crippen molar-refractivity contribution in [2.24, 2.45) is 0 Å². The average molecular weight is 708 g/mol. The Balaban J connectivity index is 1.10. The van der Waals surface area contributed by atoms with Gasteiger partial charge >= 0.3 is 0 Å². The van der Waals surface area contributed by atoms with Gasteiger partial charge in [-0.05, 0) is 121 Å². The summed E-state index contributed by atoms with van der Waals surface area (Å²) in [5.74, 6) is 0. The number of aromatic nitrogens is 2. The van der Waals surface area contributed by atoms with Crippen LogP contribution < -0.4 is 4.90 Å². The Bertz CT molecular complexity index is 3230. The molecule has 3 nitrogen and oxygen atoms in total. The summed E-state index contributed by atoms with van der Waals surface area (Å²) in [5.41, 5.74) is 12.3. The minimum atomic E-state index is -0.230. The van der Waals surface area contributed by atoms with E-state index in [1.165, 1.54) is 97.5 Å². The van der Waals surface area contributed by atoms with Gasteiger partial charge in [0.25, 0.3) is 0 Å². The molecule has 1 aliphatic heterocycles. The van der Waals surface area contributed by atoms with Gasteiger partial charge in [0.15, 0.2) is 0 Å². The number of para-hydroxylation sites is 2. The molecule has 0 atom stereocenters. The van der Waals surface area contributed by atoms with Gasteiger partial charge in [0, 0.05) is 49.7 Å². The quantitative estimate of drug-likeness (QED) is 0.167. The Morgan fingerprint density at radius 3 is 1.94 bits per heavy atom. The fourth-order valence-electron chi connectivity index (χ4n) is 9.67. The van der Waals surface area contributed by atoms with Gasteiger partial charge in [-0.15, -0.1) is 0 Å². The molecule has 0 unspecified atom stereocenters. The molecule has 0 radical (unpaired) electrons. The van der Waals surface area contributed by atoms with E-state index in [1.807, 2.05) is 18.0 Å². The minimum absolute atomic E-state index is 0.230. The van der Waals surface area contributed by atoms with E-state index in [-0.39, 0.29) is 5.41 Å². The molecule has 2 aromatic heterocycles. The highest BCUT2D eigenvalue weighted by molar-refractivity contribution is 7.99. The second-order valence-corrected chi connectivity index (χ2v) is 16.2. The second kappa shape index (κ2) is 10.8. The highest BCUT2D eigenvalue weighted by Crippen LogP contribution is 2.56. The lowest BCUT2D eigenvalue weighted by Crippen LogP contribution is -2.15. The third-order valence-corrected chi connectivity index (χ3v) is 13.1. The van der Waals surface area contributed by atoms with Gasteiger partial charge in [0.05, 0.1) is 22.4 Å². The Labute approximate surface area is 317 Å². The topological polar surface area (TPSA) is 21.1 Å². The summed E-state index contributed by atoms with van der Waals surface area (Å²) < 4.78 is 2.46. The SMILES string of the molecule is CC1(C)c2cc3c4ccccc4c4ccccc4c3cc2-c2ccc3c(c21)c1cnccc1n3-c1ccc2c(c1)Sc1ccccc1N2c1ccccc1. The number of anilines is 3. The number of fused-ring (bicyclic) bond motifs is 15. The molecule has 8 aromatic carbocycles.